The second kappa shape index (κ2) is 9.92. The molecule has 0 atom stereocenters. The summed E-state index contributed by atoms with van der Waals surface area (Å²) >= 11 is 0. The standard InChI is InChI=1S/C22H20N2O6/c1-28-21-15-17(24(26)27)10-11-20(21)23-22(25)16-6-5-9-19(14-16)30-13-12-29-18-7-3-2-4-8-18/h2-11,14-15H,12-13H2,1H3,(H,23,25). The number of nitro groups is 1. The number of nitrogens with one attached hydrogen (secondary N) is 1. The summed E-state index contributed by atoms with van der Waals surface area (Å²) in [6.45, 7) is 0.677. The van der Waals surface area contributed by atoms with Crippen molar-refractivity contribution in [3.05, 3.63) is 88.5 Å². The quantitative estimate of drug-likeness (QED) is 0.322. The molecule has 3 aromatic carbocycles. The van der Waals surface area contributed by atoms with Crippen molar-refractivity contribution in [2.45, 2.75) is 0 Å². The number of amides is 1. The number of nitro benzene ring substituents is 1. The fraction of sp³-hybridized carbons (Fsp3) is 0.136. The summed E-state index contributed by atoms with van der Waals surface area (Å²) in [7, 11) is 1.38. The summed E-state index contributed by atoms with van der Waals surface area (Å²) in [5.74, 6) is 1.08. The van der Waals surface area contributed by atoms with Gasteiger partial charge in [0.15, 0.2) is 0 Å². The zero-order valence-electron chi connectivity index (χ0n) is 16.2. The van der Waals surface area contributed by atoms with Crippen molar-refractivity contribution in [1.29, 1.82) is 0 Å². The van der Waals surface area contributed by atoms with Crippen LogP contribution in [0.1, 0.15) is 10.4 Å². The molecule has 0 aliphatic heterocycles. The van der Waals surface area contributed by atoms with Crippen LogP contribution >= 0.6 is 0 Å². The SMILES string of the molecule is COc1cc([N+](=O)[O-])ccc1NC(=O)c1cccc(OCCOc2ccccc2)c1. The highest BCUT2D eigenvalue weighted by Crippen LogP contribution is 2.29. The molecule has 0 saturated heterocycles. The van der Waals surface area contributed by atoms with Crippen LogP contribution in [0, 0.1) is 10.1 Å². The van der Waals surface area contributed by atoms with Gasteiger partial charge < -0.3 is 19.5 Å². The van der Waals surface area contributed by atoms with Crippen LogP contribution in [0.3, 0.4) is 0 Å². The summed E-state index contributed by atoms with van der Waals surface area (Å²) in [6, 6.07) is 20.1. The van der Waals surface area contributed by atoms with Crippen molar-refractivity contribution in [2.24, 2.45) is 0 Å². The van der Waals surface area contributed by atoms with Gasteiger partial charge in [-0.15, -0.1) is 0 Å². The second-order valence-corrected chi connectivity index (χ2v) is 6.13. The molecule has 1 amide bonds. The Morgan fingerprint density at radius 1 is 0.933 bits per heavy atom. The molecule has 8 nitrogen and oxygen atoms in total. The Morgan fingerprint density at radius 3 is 2.33 bits per heavy atom. The molecule has 0 radical (unpaired) electrons. The van der Waals surface area contributed by atoms with Crippen molar-refractivity contribution in [3.8, 4) is 17.2 Å². The molecule has 0 spiro atoms. The molecule has 0 aliphatic rings. The van der Waals surface area contributed by atoms with Gasteiger partial charge in [0.1, 0.15) is 30.5 Å². The lowest BCUT2D eigenvalue weighted by molar-refractivity contribution is -0.384. The van der Waals surface area contributed by atoms with Crippen LogP contribution in [0.15, 0.2) is 72.8 Å². The second-order valence-electron chi connectivity index (χ2n) is 6.13. The molecule has 0 aromatic heterocycles. The summed E-state index contributed by atoms with van der Waals surface area (Å²) in [5.41, 5.74) is 0.575. The number of carbonyl (C=O) groups excluding carboxylic acids is 1. The predicted octanol–water partition coefficient (Wildman–Crippen LogP) is 4.31. The normalized spacial score (nSPS) is 10.2. The molecule has 0 heterocycles. The van der Waals surface area contributed by atoms with Crippen LogP contribution in [0.25, 0.3) is 0 Å². The maximum atomic E-state index is 12.6. The maximum absolute atomic E-state index is 12.6. The Morgan fingerprint density at radius 2 is 1.63 bits per heavy atom. The van der Waals surface area contributed by atoms with Crippen molar-refractivity contribution >= 4 is 17.3 Å². The van der Waals surface area contributed by atoms with Crippen LogP contribution in [0.4, 0.5) is 11.4 Å². The van der Waals surface area contributed by atoms with E-state index in [1.54, 1.807) is 24.3 Å². The minimum Gasteiger partial charge on any atom is -0.494 e. The highest BCUT2D eigenvalue weighted by Gasteiger charge is 2.14. The molecule has 0 unspecified atom stereocenters. The van der Waals surface area contributed by atoms with E-state index >= 15 is 0 Å². The third kappa shape index (κ3) is 5.48. The van der Waals surface area contributed by atoms with Crippen LogP contribution in [-0.4, -0.2) is 31.2 Å². The number of benzene rings is 3. The van der Waals surface area contributed by atoms with Gasteiger partial charge in [-0.25, -0.2) is 0 Å². The Bertz CT molecular complexity index is 1020. The van der Waals surface area contributed by atoms with Crippen LogP contribution < -0.4 is 19.5 Å². The molecule has 3 rings (SSSR count). The number of para-hydroxylation sites is 1. The van der Waals surface area contributed by atoms with E-state index in [9.17, 15) is 14.9 Å². The fourth-order valence-corrected chi connectivity index (χ4v) is 2.65. The first-order valence-electron chi connectivity index (χ1n) is 9.11. The smallest absolute Gasteiger partial charge is 0.273 e. The number of nitrogens with zero attached hydrogens (tertiary/aromatic N) is 1. The maximum Gasteiger partial charge on any atom is 0.273 e. The molecular weight excluding hydrogens is 388 g/mol. The topological polar surface area (TPSA) is 99.9 Å². The van der Waals surface area contributed by atoms with E-state index in [1.165, 1.54) is 25.3 Å². The summed E-state index contributed by atoms with van der Waals surface area (Å²) in [5, 5.41) is 13.6. The molecule has 154 valence electrons. The van der Waals surface area contributed by atoms with Crippen LogP contribution in [0.2, 0.25) is 0 Å². The van der Waals surface area contributed by atoms with Crippen molar-refractivity contribution in [1.82, 2.24) is 0 Å². The Hall–Kier alpha value is -4.07. The Kier molecular flexibility index (Phi) is 6.83. The van der Waals surface area contributed by atoms with Gasteiger partial charge in [-0.2, -0.15) is 0 Å². The molecule has 0 saturated carbocycles. The number of carbonyl (C=O) groups is 1. The van der Waals surface area contributed by atoms with E-state index in [0.717, 1.165) is 5.75 Å². The van der Waals surface area contributed by atoms with E-state index in [-0.39, 0.29) is 11.4 Å². The van der Waals surface area contributed by atoms with E-state index in [2.05, 4.69) is 5.32 Å². The van der Waals surface area contributed by atoms with E-state index in [1.807, 2.05) is 30.3 Å². The summed E-state index contributed by atoms with van der Waals surface area (Å²) in [6.07, 6.45) is 0. The third-order valence-electron chi connectivity index (χ3n) is 4.10. The van der Waals surface area contributed by atoms with Gasteiger partial charge in [-0.05, 0) is 36.4 Å². The number of ether oxygens (including phenoxy) is 3. The van der Waals surface area contributed by atoms with E-state index in [4.69, 9.17) is 14.2 Å². The molecular formula is C22H20N2O6. The van der Waals surface area contributed by atoms with Crippen molar-refractivity contribution in [2.75, 3.05) is 25.6 Å². The van der Waals surface area contributed by atoms with Gasteiger partial charge in [-0.1, -0.05) is 24.3 Å². The molecule has 3 aromatic rings. The highest BCUT2D eigenvalue weighted by atomic mass is 16.6. The number of non-ortho nitro benzene ring substituents is 1. The highest BCUT2D eigenvalue weighted by molar-refractivity contribution is 6.05. The molecule has 30 heavy (non-hydrogen) atoms. The lowest BCUT2D eigenvalue weighted by Crippen LogP contribution is -2.13. The van der Waals surface area contributed by atoms with Crippen LogP contribution in [0.5, 0.6) is 17.2 Å². The molecule has 1 N–H and O–H groups in total. The molecule has 0 aliphatic carbocycles. The average molecular weight is 408 g/mol. The van der Waals surface area contributed by atoms with Gasteiger partial charge in [0.25, 0.3) is 11.6 Å². The summed E-state index contributed by atoms with van der Waals surface area (Å²) in [4.78, 5) is 22.9. The predicted molar refractivity (Wildman–Crippen MR) is 111 cm³/mol. The zero-order valence-corrected chi connectivity index (χ0v) is 16.2. The lowest BCUT2D eigenvalue weighted by Gasteiger charge is -2.11. The van der Waals surface area contributed by atoms with Gasteiger partial charge in [0.2, 0.25) is 0 Å². The minimum absolute atomic E-state index is 0.127. The number of methoxy groups -OCH3 is 1. The minimum atomic E-state index is -0.531. The van der Waals surface area contributed by atoms with Gasteiger partial charge in [-0.3, -0.25) is 14.9 Å². The Balaban J connectivity index is 1.60. The van der Waals surface area contributed by atoms with Crippen LogP contribution in [-0.2, 0) is 0 Å². The van der Waals surface area contributed by atoms with Gasteiger partial charge in [0, 0.05) is 11.6 Å². The number of anilines is 1. The number of hydrogen-bond donors (Lipinski definition) is 1. The number of rotatable bonds is 9. The first-order chi connectivity index (χ1) is 14.6. The molecule has 0 bridgehead atoms. The molecule has 0 fully saturated rings. The van der Waals surface area contributed by atoms with Gasteiger partial charge in [0.05, 0.1) is 23.8 Å². The first-order valence-corrected chi connectivity index (χ1v) is 9.11. The number of hydrogen-bond acceptors (Lipinski definition) is 6. The third-order valence-corrected chi connectivity index (χ3v) is 4.10. The van der Waals surface area contributed by atoms with E-state index < -0.39 is 10.8 Å². The lowest BCUT2D eigenvalue weighted by atomic mass is 10.2. The average Bonchev–Trinajstić information content (AvgIpc) is 2.77. The largest absolute Gasteiger partial charge is 0.494 e. The van der Waals surface area contributed by atoms with Crippen molar-refractivity contribution < 1.29 is 23.9 Å². The van der Waals surface area contributed by atoms with E-state index in [0.29, 0.717) is 30.2 Å². The Labute approximate surface area is 173 Å². The first kappa shape index (κ1) is 20.7. The summed E-state index contributed by atoms with van der Waals surface area (Å²) < 4.78 is 16.4. The fourth-order valence-electron chi connectivity index (χ4n) is 2.65. The monoisotopic (exact) mass is 408 g/mol. The molecule has 8 heteroatoms. The van der Waals surface area contributed by atoms with Crippen molar-refractivity contribution in [3.63, 3.8) is 0 Å². The zero-order chi connectivity index (χ0) is 21.3. The van der Waals surface area contributed by atoms with Gasteiger partial charge >= 0.3 is 0 Å².